The number of hydrogen-bond acceptors (Lipinski definition) is 4. The van der Waals surface area contributed by atoms with Gasteiger partial charge in [-0.1, -0.05) is 54.6 Å². The molecule has 3 aromatic rings. The second-order valence-corrected chi connectivity index (χ2v) is 6.00. The van der Waals surface area contributed by atoms with Crippen molar-refractivity contribution in [2.24, 2.45) is 0 Å². The molecule has 0 aromatic heterocycles. The molecule has 1 unspecified atom stereocenters. The number of nitrogen functional groups attached to an aromatic ring is 1. The first-order chi connectivity index (χ1) is 12.2. The Morgan fingerprint density at radius 1 is 0.920 bits per heavy atom. The van der Waals surface area contributed by atoms with Crippen molar-refractivity contribution in [1.29, 1.82) is 0 Å². The molecule has 3 aromatic carbocycles. The van der Waals surface area contributed by atoms with Gasteiger partial charge in [-0.2, -0.15) is 0 Å². The third-order valence-electron chi connectivity index (χ3n) is 4.27. The summed E-state index contributed by atoms with van der Waals surface area (Å²) in [6.45, 7) is 0. The minimum Gasteiger partial charge on any atom is -0.399 e. The van der Waals surface area contributed by atoms with E-state index in [1.165, 1.54) is 0 Å². The predicted octanol–water partition coefficient (Wildman–Crippen LogP) is 3.99. The summed E-state index contributed by atoms with van der Waals surface area (Å²) in [6.07, 6.45) is -0.777. The second kappa shape index (κ2) is 6.34. The molecule has 0 saturated heterocycles. The molecule has 25 heavy (non-hydrogen) atoms. The van der Waals surface area contributed by atoms with Gasteiger partial charge in [0.1, 0.15) is 0 Å². The van der Waals surface area contributed by atoms with Crippen LogP contribution in [0.1, 0.15) is 11.1 Å². The molecule has 1 aliphatic rings. The maximum atomic E-state index is 10.6. The van der Waals surface area contributed by atoms with Crippen molar-refractivity contribution in [2.75, 3.05) is 16.4 Å². The summed E-state index contributed by atoms with van der Waals surface area (Å²) in [4.78, 5) is 0. The largest absolute Gasteiger partial charge is 0.399 e. The first-order valence-electron chi connectivity index (χ1n) is 8.18. The van der Waals surface area contributed by atoms with Crippen LogP contribution in [-0.2, 0) is 0 Å². The lowest BCUT2D eigenvalue weighted by molar-refractivity contribution is 0.266. The third kappa shape index (κ3) is 2.95. The summed E-state index contributed by atoms with van der Waals surface area (Å²) in [5.74, 6) is 0. The van der Waals surface area contributed by atoms with Gasteiger partial charge >= 0.3 is 0 Å². The van der Waals surface area contributed by atoms with Crippen LogP contribution in [0.4, 0.5) is 17.1 Å². The number of anilines is 3. The second-order valence-electron chi connectivity index (χ2n) is 6.00. The molecule has 4 nitrogen and oxygen atoms in total. The summed E-state index contributed by atoms with van der Waals surface area (Å²) in [6, 6.07) is 25.5. The lowest BCUT2D eigenvalue weighted by Crippen LogP contribution is -2.16. The Kier molecular flexibility index (Phi) is 3.88. The van der Waals surface area contributed by atoms with Gasteiger partial charge in [0.15, 0.2) is 6.23 Å². The molecule has 0 spiro atoms. The Morgan fingerprint density at radius 2 is 1.68 bits per heavy atom. The minimum atomic E-state index is -0.777. The number of fused-ring (bicyclic) bond motifs is 1. The van der Waals surface area contributed by atoms with Crippen LogP contribution in [0.15, 0.2) is 78.9 Å². The normalized spacial score (nSPS) is 17.6. The van der Waals surface area contributed by atoms with Gasteiger partial charge in [-0.25, -0.2) is 0 Å². The molecule has 4 heteroatoms. The summed E-state index contributed by atoms with van der Waals surface area (Å²) in [5, 5.41) is 17.2. The predicted molar refractivity (Wildman–Crippen MR) is 104 cm³/mol. The van der Waals surface area contributed by atoms with Gasteiger partial charge < -0.3 is 21.5 Å². The van der Waals surface area contributed by atoms with E-state index >= 15 is 0 Å². The van der Waals surface area contributed by atoms with E-state index < -0.39 is 6.23 Å². The van der Waals surface area contributed by atoms with Crippen LogP contribution in [0.5, 0.6) is 0 Å². The van der Waals surface area contributed by atoms with E-state index in [4.69, 9.17) is 5.73 Å². The van der Waals surface area contributed by atoms with Gasteiger partial charge in [0.25, 0.3) is 0 Å². The van der Waals surface area contributed by atoms with Crippen LogP contribution in [-0.4, -0.2) is 11.3 Å². The van der Waals surface area contributed by atoms with Gasteiger partial charge in [0.05, 0.1) is 5.70 Å². The molecule has 0 amide bonds. The van der Waals surface area contributed by atoms with Crippen molar-refractivity contribution in [3.63, 3.8) is 0 Å². The molecule has 1 heterocycles. The van der Waals surface area contributed by atoms with Gasteiger partial charge in [-0.05, 0) is 29.8 Å². The number of aliphatic hydroxyl groups excluding tert-OH is 1. The molecule has 0 bridgehead atoms. The molecule has 0 radical (unpaired) electrons. The van der Waals surface area contributed by atoms with Crippen molar-refractivity contribution in [2.45, 2.75) is 6.23 Å². The maximum absolute atomic E-state index is 10.6. The average molecular weight is 329 g/mol. The molecule has 124 valence electrons. The summed E-state index contributed by atoms with van der Waals surface area (Å²) in [7, 11) is 0. The van der Waals surface area contributed by atoms with Crippen LogP contribution in [0, 0.1) is 0 Å². The molecule has 0 aliphatic carbocycles. The Balaban J connectivity index is 1.89. The van der Waals surface area contributed by atoms with Crippen molar-refractivity contribution in [3.8, 4) is 0 Å². The molecule has 0 saturated carbocycles. The Hall–Kier alpha value is -3.24. The molecule has 5 N–H and O–H groups in total. The number of benzene rings is 3. The Labute approximate surface area is 146 Å². The van der Waals surface area contributed by atoms with E-state index in [0.29, 0.717) is 5.69 Å². The highest BCUT2D eigenvalue weighted by atomic mass is 16.3. The van der Waals surface area contributed by atoms with E-state index in [-0.39, 0.29) is 0 Å². The zero-order chi connectivity index (χ0) is 17.2. The maximum Gasteiger partial charge on any atom is 0.153 e. The Bertz CT molecular complexity index is 935. The van der Waals surface area contributed by atoms with Crippen molar-refractivity contribution < 1.29 is 5.11 Å². The quantitative estimate of drug-likeness (QED) is 0.548. The standard InChI is InChI=1S/C21H19N3O/c22-15-9-6-10-16(13-15)23-20(14-7-2-1-3-8-14)19-17-11-4-5-12-18(17)24-21(19)25/h1-13,21,23-25H,22H2/b20-19-. The molecule has 0 fully saturated rings. The lowest BCUT2D eigenvalue weighted by atomic mass is 9.99. The van der Waals surface area contributed by atoms with Gasteiger partial charge in [0, 0.05) is 28.2 Å². The number of aliphatic hydroxyl groups is 1. The fourth-order valence-electron chi connectivity index (χ4n) is 3.14. The SMILES string of the molecule is Nc1cccc(N/C(=C2/c3ccccc3NC2O)c2ccccc2)c1. The highest BCUT2D eigenvalue weighted by Gasteiger charge is 2.28. The van der Waals surface area contributed by atoms with E-state index in [2.05, 4.69) is 10.6 Å². The molecular weight excluding hydrogens is 310 g/mol. The topological polar surface area (TPSA) is 70.3 Å². The van der Waals surface area contributed by atoms with Crippen LogP contribution >= 0.6 is 0 Å². The van der Waals surface area contributed by atoms with Crippen LogP contribution in [0.2, 0.25) is 0 Å². The summed E-state index contributed by atoms with van der Waals surface area (Å²) < 4.78 is 0. The van der Waals surface area contributed by atoms with Gasteiger partial charge in [0.2, 0.25) is 0 Å². The lowest BCUT2D eigenvalue weighted by Gasteiger charge is -2.17. The number of nitrogens with two attached hydrogens (primary N) is 1. The third-order valence-corrected chi connectivity index (χ3v) is 4.27. The number of nitrogens with one attached hydrogen (secondary N) is 2. The van der Waals surface area contributed by atoms with E-state index in [9.17, 15) is 5.11 Å². The first kappa shape index (κ1) is 15.3. The smallest absolute Gasteiger partial charge is 0.153 e. The zero-order valence-corrected chi connectivity index (χ0v) is 13.6. The monoisotopic (exact) mass is 329 g/mol. The van der Waals surface area contributed by atoms with Gasteiger partial charge in [-0.3, -0.25) is 0 Å². The highest BCUT2D eigenvalue weighted by molar-refractivity contribution is 6.03. The first-order valence-corrected chi connectivity index (χ1v) is 8.18. The van der Waals surface area contributed by atoms with Crippen molar-refractivity contribution in [1.82, 2.24) is 0 Å². The molecule has 1 aliphatic heterocycles. The average Bonchev–Trinajstić information content (AvgIpc) is 2.96. The number of hydrogen-bond donors (Lipinski definition) is 4. The fraction of sp³-hybridized carbons (Fsp3) is 0.0476. The van der Waals surface area contributed by atoms with Crippen LogP contribution < -0.4 is 16.4 Å². The summed E-state index contributed by atoms with van der Waals surface area (Å²) >= 11 is 0. The zero-order valence-electron chi connectivity index (χ0n) is 13.6. The van der Waals surface area contributed by atoms with Crippen molar-refractivity contribution in [3.05, 3.63) is 90.0 Å². The van der Waals surface area contributed by atoms with E-state index in [1.807, 2.05) is 78.9 Å². The highest BCUT2D eigenvalue weighted by Crippen LogP contribution is 2.39. The fourth-order valence-corrected chi connectivity index (χ4v) is 3.14. The molecular formula is C21H19N3O. The summed E-state index contributed by atoms with van der Waals surface area (Å²) in [5.41, 5.74) is 12.1. The molecule has 1 atom stereocenters. The van der Waals surface area contributed by atoms with Gasteiger partial charge in [-0.15, -0.1) is 0 Å². The number of para-hydroxylation sites is 1. The van der Waals surface area contributed by atoms with E-state index in [1.54, 1.807) is 0 Å². The van der Waals surface area contributed by atoms with Crippen LogP contribution in [0.3, 0.4) is 0 Å². The Morgan fingerprint density at radius 3 is 2.48 bits per heavy atom. The number of rotatable bonds is 3. The van der Waals surface area contributed by atoms with E-state index in [0.717, 1.165) is 33.8 Å². The van der Waals surface area contributed by atoms with Crippen molar-refractivity contribution >= 4 is 28.3 Å². The van der Waals surface area contributed by atoms with Crippen LogP contribution in [0.25, 0.3) is 11.3 Å². The minimum absolute atomic E-state index is 0.688. The molecule has 4 rings (SSSR count).